The molecule has 1 aromatic rings. The van der Waals surface area contributed by atoms with E-state index < -0.39 is 15.6 Å². The smallest absolute Gasteiger partial charge is 0.191 e. The molecule has 0 bridgehead atoms. The van der Waals surface area contributed by atoms with Crippen LogP contribution < -0.4 is 4.74 Å². The summed E-state index contributed by atoms with van der Waals surface area (Å²) in [5.74, 6) is 0.120. The maximum absolute atomic E-state index is 11.4. The third-order valence-electron chi connectivity index (χ3n) is 1.75. The highest BCUT2D eigenvalue weighted by Crippen LogP contribution is 2.16. The maximum atomic E-state index is 11.4. The van der Waals surface area contributed by atoms with Gasteiger partial charge in [0.25, 0.3) is 0 Å². The first-order valence-corrected chi connectivity index (χ1v) is 6.08. The molecule has 0 saturated heterocycles. The number of hydrogen-bond donors (Lipinski definition) is 0. The van der Waals surface area contributed by atoms with E-state index in [9.17, 15) is 8.42 Å². The molecule has 0 saturated carbocycles. The normalized spacial score (nSPS) is 10.7. The van der Waals surface area contributed by atoms with Crippen molar-refractivity contribution in [3.05, 3.63) is 24.3 Å². The molecule has 0 aliphatic heterocycles. The molecule has 0 aliphatic rings. The van der Waals surface area contributed by atoms with Crippen molar-refractivity contribution in [2.75, 3.05) is 12.4 Å². The van der Waals surface area contributed by atoms with Gasteiger partial charge in [-0.2, -0.15) is 5.26 Å². The van der Waals surface area contributed by atoms with E-state index in [4.69, 9.17) is 10.00 Å². The van der Waals surface area contributed by atoms with Crippen molar-refractivity contribution in [1.82, 2.24) is 0 Å². The summed E-state index contributed by atoms with van der Waals surface area (Å²) in [5, 5.41) is 8.35. The Hall–Kier alpha value is -1.54. The third-order valence-corrected chi connectivity index (χ3v) is 3.25. The molecule has 1 rings (SSSR count). The minimum absolute atomic E-state index is 0.146. The zero-order chi connectivity index (χ0) is 11.3. The van der Waals surface area contributed by atoms with Crippen molar-refractivity contribution in [2.45, 2.75) is 11.8 Å². The molecule has 4 nitrogen and oxygen atoms in total. The Kier molecular flexibility index (Phi) is 3.69. The predicted molar refractivity (Wildman–Crippen MR) is 55.3 cm³/mol. The lowest BCUT2D eigenvalue weighted by Gasteiger charge is -2.03. The summed E-state index contributed by atoms with van der Waals surface area (Å²) >= 11 is 0. The quantitative estimate of drug-likeness (QED) is 0.776. The van der Waals surface area contributed by atoms with Gasteiger partial charge in [-0.25, -0.2) is 8.42 Å². The van der Waals surface area contributed by atoms with Crippen LogP contribution in [0.2, 0.25) is 0 Å². The van der Waals surface area contributed by atoms with Crippen LogP contribution >= 0.6 is 0 Å². The average molecular weight is 225 g/mol. The fourth-order valence-corrected chi connectivity index (χ4v) is 1.97. The lowest BCUT2D eigenvalue weighted by Crippen LogP contribution is -2.04. The van der Waals surface area contributed by atoms with Gasteiger partial charge in [-0.15, -0.1) is 0 Å². The first-order valence-electron chi connectivity index (χ1n) is 4.42. The second-order valence-electron chi connectivity index (χ2n) is 2.82. The summed E-state index contributed by atoms with van der Waals surface area (Å²) in [7, 11) is -3.46. The van der Waals surface area contributed by atoms with Crippen LogP contribution in [0.3, 0.4) is 0 Å². The van der Waals surface area contributed by atoms with Gasteiger partial charge in [0.15, 0.2) is 9.84 Å². The Bertz CT molecular complexity index is 456. The summed E-state index contributed by atoms with van der Waals surface area (Å²) in [4.78, 5) is 0.146. The molecule has 0 atom stereocenters. The Labute approximate surface area is 89.0 Å². The number of benzene rings is 1. The Morgan fingerprint density at radius 3 is 2.40 bits per heavy atom. The predicted octanol–water partition coefficient (Wildman–Crippen LogP) is 1.38. The summed E-state index contributed by atoms with van der Waals surface area (Å²) in [6.45, 7) is 2.38. The van der Waals surface area contributed by atoms with Gasteiger partial charge in [0.1, 0.15) is 11.5 Å². The molecule has 0 unspecified atom stereocenters. The van der Waals surface area contributed by atoms with Crippen molar-refractivity contribution < 1.29 is 13.2 Å². The third kappa shape index (κ3) is 2.96. The van der Waals surface area contributed by atoms with Crippen molar-refractivity contribution >= 4 is 9.84 Å². The Morgan fingerprint density at radius 1 is 1.33 bits per heavy atom. The molecule has 0 aromatic heterocycles. The second-order valence-corrected chi connectivity index (χ2v) is 4.81. The highest BCUT2D eigenvalue weighted by atomic mass is 32.2. The topological polar surface area (TPSA) is 67.2 Å². The fraction of sp³-hybridized carbons (Fsp3) is 0.300. The van der Waals surface area contributed by atoms with E-state index in [1.807, 2.05) is 6.92 Å². The molecule has 0 radical (unpaired) electrons. The lowest BCUT2D eigenvalue weighted by molar-refractivity contribution is 0.340. The molecule has 0 heterocycles. The van der Waals surface area contributed by atoms with Crippen LogP contribution in [-0.2, 0) is 9.84 Å². The number of hydrogen-bond acceptors (Lipinski definition) is 4. The minimum Gasteiger partial charge on any atom is -0.494 e. The van der Waals surface area contributed by atoms with Gasteiger partial charge in [-0.1, -0.05) is 0 Å². The molecule has 0 spiro atoms. The maximum Gasteiger partial charge on any atom is 0.191 e. The molecule has 0 fully saturated rings. The first kappa shape index (κ1) is 11.5. The van der Waals surface area contributed by atoms with Gasteiger partial charge in [-0.3, -0.25) is 0 Å². The second kappa shape index (κ2) is 4.80. The molecular formula is C10H11NO3S. The first-order chi connectivity index (χ1) is 7.10. The molecule has 0 aliphatic carbocycles. The van der Waals surface area contributed by atoms with Gasteiger partial charge in [0.05, 0.1) is 17.6 Å². The summed E-state index contributed by atoms with van der Waals surface area (Å²) in [6, 6.07) is 7.67. The molecule has 0 N–H and O–H groups in total. The molecule has 1 aromatic carbocycles. The monoisotopic (exact) mass is 225 g/mol. The van der Waals surface area contributed by atoms with Crippen LogP contribution in [0.4, 0.5) is 0 Å². The molecule has 0 amide bonds. The van der Waals surface area contributed by atoms with E-state index >= 15 is 0 Å². The zero-order valence-electron chi connectivity index (χ0n) is 8.30. The number of sulfone groups is 1. The van der Waals surface area contributed by atoms with Crippen molar-refractivity contribution in [1.29, 1.82) is 5.26 Å². The lowest BCUT2D eigenvalue weighted by atomic mass is 10.3. The summed E-state index contributed by atoms with van der Waals surface area (Å²) in [6.07, 6.45) is 0. The average Bonchev–Trinajstić information content (AvgIpc) is 2.19. The van der Waals surface area contributed by atoms with E-state index in [2.05, 4.69) is 0 Å². The van der Waals surface area contributed by atoms with E-state index in [-0.39, 0.29) is 4.90 Å². The van der Waals surface area contributed by atoms with Crippen LogP contribution in [-0.4, -0.2) is 20.8 Å². The number of nitrogens with zero attached hydrogens (tertiary/aromatic N) is 1. The molecule has 15 heavy (non-hydrogen) atoms. The van der Waals surface area contributed by atoms with Gasteiger partial charge in [0, 0.05) is 0 Å². The Balaban J connectivity index is 2.95. The van der Waals surface area contributed by atoms with Gasteiger partial charge in [0.2, 0.25) is 0 Å². The van der Waals surface area contributed by atoms with Crippen LogP contribution in [0.25, 0.3) is 0 Å². The fourth-order valence-electron chi connectivity index (χ4n) is 1.08. The van der Waals surface area contributed by atoms with E-state index in [0.717, 1.165) is 0 Å². The highest BCUT2D eigenvalue weighted by molar-refractivity contribution is 7.91. The van der Waals surface area contributed by atoms with E-state index in [1.54, 1.807) is 18.2 Å². The number of nitriles is 1. The molecular weight excluding hydrogens is 214 g/mol. The minimum atomic E-state index is -3.46. The van der Waals surface area contributed by atoms with E-state index in [0.29, 0.717) is 12.4 Å². The van der Waals surface area contributed by atoms with Gasteiger partial charge < -0.3 is 4.74 Å². The van der Waals surface area contributed by atoms with E-state index in [1.165, 1.54) is 12.1 Å². The summed E-state index contributed by atoms with van der Waals surface area (Å²) < 4.78 is 28.0. The molecule has 5 heteroatoms. The van der Waals surface area contributed by atoms with Gasteiger partial charge >= 0.3 is 0 Å². The zero-order valence-corrected chi connectivity index (χ0v) is 9.12. The van der Waals surface area contributed by atoms with Crippen LogP contribution in [0.15, 0.2) is 29.2 Å². The van der Waals surface area contributed by atoms with Crippen molar-refractivity contribution in [3.63, 3.8) is 0 Å². The standard InChI is InChI=1S/C10H11NO3S/c1-2-14-9-3-5-10(6-4-9)15(12,13)8-7-11/h3-6H,2,8H2,1H3. The Morgan fingerprint density at radius 2 is 1.93 bits per heavy atom. The van der Waals surface area contributed by atoms with Crippen molar-refractivity contribution in [3.8, 4) is 11.8 Å². The molecule has 80 valence electrons. The number of rotatable bonds is 4. The van der Waals surface area contributed by atoms with Crippen molar-refractivity contribution in [2.24, 2.45) is 0 Å². The van der Waals surface area contributed by atoms with Crippen LogP contribution in [0.1, 0.15) is 6.92 Å². The SMILES string of the molecule is CCOc1ccc(S(=O)(=O)CC#N)cc1. The van der Waals surface area contributed by atoms with Crippen LogP contribution in [0.5, 0.6) is 5.75 Å². The largest absolute Gasteiger partial charge is 0.494 e. The summed E-state index contributed by atoms with van der Waals surface area (Å²) in [5.41, 5.74) is 0. The van der Waals surface area contributed by atoms with Crippen LogP contribution in [0, 0.1) is 11.3 Å². The van der Waals surface area contributed by atoms with Gasteiger partial charge in [-0.05, 0) is 31.2 Å². The number of ether oxygens (including phenoxy) is 1. The highest BCUT2D eigenvalue weighted by Gasteiger charge is 2.13.